The molecule has 2 aliphatic heterocycles. The molecule has 2 aromatic carbocycles. The first-order valence-electron chi connectivity index (χ1n) is 10.9. The standard InChI is InChI=1S/C24H29N3O4S.2ClH/c1-24(25,20-14-30-21-17(28-2)8-9-18(29-3)22(21)31-20)15-10-12-27(13-11-15)23-26-16-6-4-5-7-19(16)32-23;;/h4-9,15,20H,10-14,25H2,1-3H3;2*1H. The number of halogens is 2. The van der Waals surface area contributed by atoms with Crippen LogP contribution in [0.4, 0.5) is 5.13 Å². The number of para-hydroxylation sites is 1. The van der Waals surface area contributed by atoms with E-state index in [1.54, 1.807) is 25.6 Å². The Labute approximate surface area is 216 Å². The maximum atomic E-state index is 6.92. The van der Waals surface area contributed by atoms with Crippen LogP contribution in [0.15, 0.2) is 36.4 Å². The lowest BCUT2D eigenvalue weighted by Gasteiger charge is -2.45. The molecule has 34 heavy (non-hydrogen) atoms. The molecule has 3 heterocycles. The lowest BCUT2D eigenvalue weighted by Crippen LogP contribution is -2.61. The summed E-state index contributed by atoms with van der Waals surface area (Å²) in [5.74, 6) is 2.69. The molecule has 1 fully saturated rings. The molecule has 7 nitrogen and oxygen atoms in total. The Balaban J connectivity index is 0.00000162. The minimum Gasteiger partial charge on any atom is -0.493 e. The zero-order valence-electron chi connectivity index (χ0n) is 19.5. The lowest BCUT2D eigenvalue weighted by molar-refractivity contribution is 0.00603. The van der Waals surface area contributed by atoms with Crippen molar-refractivity contribution in [3.05, 3.63) is 36.4 Å². The van der Waals surface area contributed by atoms with Crippen LogP contribution in [0.25, 0.3) is 10.2 Å². The first-order chi connectivity index (χ1) is 15.5. The number of ether oxygens (including phenoxy) is 4. The Hall–Kier alpha value is -2.13. The van der Waals surface area contributed by atoms with Crippen LogP contribution < -0.4 is 29.6 Å². The van der Waals surface area contributed by atoms with Crippen molar-refractivity contribution < 1.29 is 18.9 Å². The van der Waals surface area contributed by atoms with E-state index in [1.165, 1.54) is 4.70 Å². The largest absolute Gasteiger partial charge is 0.493 e. The maximum absolute atomic E-state index is 6.92. The zero-order chi connectivity index (χ0) is 22.3. The first kappa shape index (κ1) is 26.5. The number of rotatable bonds is 5. The van der Waals surface area contributed by atoms with Crippen LogP contribution in [-0.4, -0.2) is 50.5 Å². The van der Waals surface area contributed by atoms with Crippen LogP contribution >= 0.6 is 36.2 Å². The average Bonchev–Trinajstić information content (AvgIpc) is 3.27. The van der Waals surface area contributed by atoms with Crippen molar-refractivity contribution >= 4 is 51.5 Å². The summed E-state index contributed by atoms with van der Waals surface area (Å²) in [5, 5.41) is 1.09. The maximum Gasteiger partial charge on any atom is 0.208 e. The van der Waals surface area contributed by atoms with Crippen molar-refractivity contribution in [2.75, 3.05) is 38.8 Å². The molecular weight excluding hydrogens is 497 g/mol. The molecule has 0 amide bonds. The molecule has 3 aromatic rings. The first-order valence-corrected chi connectivity index (χ1v) is 11.8. The van der Waals surface area contributed by atoms with Gasteiger partial charge in [0.05, 0.1) is 30.0 Å². The quantitative estimate of drug-likeness (QED) is 0.503. The zero-order valence-corrected chi connectivity index (χ0v) is 21.9. The monoisotopic (exact) mass is 527 g/mol. The number of nitrogens with zero attached hydrogens (tertiary/aromatic N) is 2. The number of hydrogen-bond acceptors (Lipinski definition) is 8. The van der Waals surface area contributed by atoms with Gasteiger partial charge in [-0.05, 0) is 49.9 Å². The second-order valence-corrected chi connectivity index (χ2v) is 9.65. The van der Waals surface area contributed by atoms with E-state index in [4.69, 9.17) is 29.7 Å². The van der Waals surface area contributed by atoms with Gasteiger partial charge in [-0.25, -0.2) is 4.98 Å². The van der Waals surface area contributed by atoms with E-state index in [2.05, 4.69) is 30.0 Å². The molecule has 0 saturated carbocycles. The third-order valence-electron chi connectivity index (χ3n) is 6.74. The second kappa shape index (κ2) is 10.6. The van der Waals surface area contributed by atoms with Crippen LogP contribution in [0.1, 0.15) is 19.8 Å². The summed E-state index contributed by atoms with van der Waals surface area (Å²) in [4.78, 5) is 7.19. The predicted octanol–water partition coefficient (Wildman–Crippen LogP) is 4.93. The van der Waals surface area contributed by atoms with Gasteiger partial charge < -0.3 is 29.6 Å². The van der Waals surface area contributed by atoms with Crippen molar-refractivity contribution in [3.8, 4) is 23.0 Å². The highest BCUT2D eigenvalue weighted by atomic mass is 35.5. The predicted molar refractivity (Wildman–Crippen MR) is 141 cm³/mol. The van der Waals surface area contributed by atoms with Gasteiger partial charge in [-0.3, -0.25) is 0 Å². The van der Waals surface area contributed by atoms with Crippen molar-refractivity contribution in [1.82, 2.24) is 4.98 Å². The molecular formula is C24H31Cl2N3O4S. The van der Waals surface area contributed by atoms with Gasteiger partial charge in [-0.1, -0.05) is 23.5 Å². The highest BCUT2D eigenvalue weighted by Crippen LogP contribution is 2.48. The molecule has 2 aliphatic rings. The topological polar surface area (TPSA) is 79.1 Å². The smallest absolute Gasteiger partial charge is 0.208 e. The third-order valence-corrected chi connectivity index (χ3v) is 7.84. The number of nitrogens with two attached hydrogens (primary N) is 1. The van der Waals surface area contributed by atoms with Gasteiger partial charge in [0.1, 0.15) is 6.61 Å². The number of aromatic nitrogens is 1. The van der Waals surface area contributed by atoms with E-state index in [9.17, 15) is 0 Å². The van der Waals surface area contributed by atoms with E-state index in [-0.39, 0.29) is 30.9 Å². The highest BCUT2D eigenvalue weighted by Gasteiger charge is 2.44. The summed E-state index contributed by atoms with van der Waals surface area (Å²) in [6.07, 6.45) is 1.67. The fraction of sp³-hybridized carbons (Fsp3) is 0.458. The molecule has 0 radical (unpaired) electrons. The number of fused-ring (bicyclic) bond motifs is 2. The average molecular weight is 529 g/mol. The van der Waals surface area contributed by atoms with Gasteiger partial charge in [0, 0.05) is 13.1 Å². The summed E-state index contributed by atoms with van der Waals surface area (Å²) >= 11 is 1.75. The van der Waals surface area contributed by atoms with Gasteiger partial charge in [-0.2, -0.15) is 0 Å². The molecule has 0 aliphatic carbocycles. The second-order valence-electron chi connectivity index (χ2n) is 8.64. The molecule has 1 aromatic heterocycles. The SMILES string of the molecule is COc1ccc(OC)c2c1OCC(C(C)(N)C1CCN(c3nc4ccccc4s3)CC1)O2.Cl.Cl. The highest BCUT2D eigenvalue weighted by molar-refractivity contribution is 7.22. The number of methoxy groups -OCH3 is 2. The number of benzene rings is 2. The molecule has 186 valence electrons. The Kier molecular flexibility index (Phi) is 8.29. The Morgan fingerprint density at radius 3 is 2.32 bits per heavy atom. The molecule has 0 bridgehead atoms. The molecule has 5 rings (SSSR count). The van der Waals surface area contributed by atoms with Crippen molar-refractivity contribution in [2.45, 2.75) is 31.4 Å². The van der Waals surface area contributed by atoms with E-state index >= 15 is 0 Å². The van der Waals surface area contributed by atoms with Crippen LogP contribution in [0.5, 0.6) is 23.0 Å². The minimum atomic E-state index is -0.550. The number of piperidine rings is 1. The van der Waals surface area contributed by atoms with Gasteiger partial charge in [0.25, 0.3) is 0 Å². The summed E-state index contributed by atoms with van der Waals surface area (Å²) < 4.78 is 24.6. The van der Waals surface area contributed by atoms with E-state index < -0.39 is 5.54 Å². The van der Waals surface area contributed by atoms with Gasteiger partial charge >= 0.3 is 0 Å². The molecule has 2 unspecified atom stereocenters. The summed E-state index contributed by atoms with van der Waals surface area (Å²) in [7, 11) is 3.23. The Morgan fingerprint density at radius 1 is 1.03 bits per heavy atom. The summed E-state index contributed by atoms with van der Waals surface area (Å²) in [6.45, 7) is 4.31. The fourth-order valence-corrected chi connectivity index (χ4v) is 5.71. The summed E-state index contributed by atoms with van der Waals surface area (Å²) in [5.41, 5.74) is 7.44. The third kappa shape index (κ3) is 4.69. The van der Waals surface area contributed by atoms with E-state index in [0.717, 1.165) is 36.6 Å². The summed E-state index contributed by atoms with van der Waals surface area (Å²) in [6, 6.07) is 11.9. The van der Waals surface area contributed by atoms with Crippen LogP contribution in [0, 0.1) is 5.92 Å². The normalized spacial score (nSPS) is 19.5. The molecule has 2 atom stereocenters. The van der Waals surface area contributed by atoms with Crippen LogP contribution in [-0.2, 0) is 0 Å². The van der Waals surface area contributed by atoms with Crippen molar-refractivity contribution in [2.24, 2.45) is 11.7 Å². The number of anilines is 1. The molecule has 1 saturated heterocycles. The van der Waals surface area contributed by atoms with E-state index in [0.29, 0.717) is 35.5 Å². The van der Waals surface area contributed by atoms with E-state index in [1.807, 2.05) is 18.2 Å². The minimum absolute atomic E-state index is 0. The van der Waals surface area contributed by atoms with Crippen LogP contribution in [0.3, 0.4) is 0 Å². The molecule has 0 spiro atoms. The van der Waals surface area contributed by atoms with Gasteiger partial charge in [0.2, 0.25) is 11.5 Å². The number of hydrogen-bond donors (Lipinski definition) is 1. The number of thiazole rings is 1. The van der Waals surface area contributed by atoms with Gasteiger partial charge in [0.15, 0.2) is 22.7 Å². The molecule has 2 N–H and O–H groups in total. The van der Waals surface area contributed by atoms with Crippen LogP contribution in [0.2, 0.25) is 0 Å². The Morgan fingerprint density at radius 2 is 1.68 bits per heavy atom. The lowest BCUT2D eigenvalue weighted by atomic mass is 9.76. The van der Waals surface area contributed by atoms with Crippen molar-refractivity contribution in [3.63, 3.8) is 0 Å². The molecule has 10 heteroatoms. The van der Waals surface area contributed by atoms with Crippen molar-refractivity contribution in [1.29, 1.82) is 0 Å². The van der Waals surface area contributed by atoms with Gasteiger partial charge in [-0.15, -0.1) is 24.8 Å². The Bertz CT molecular complexity index is 1090. The fourth-order valence-electron chi connectivity index (χ4n) is 4.69.